The summed E-state index contributed by atoms with van der Waals surface area (Å²) in [6, 6.07) is 18.6. The molecule has 2 aromatic carbocycles. The van der Waals surface area contributed by atoms with E-state index < -0.39 is 0 Å². The first-order valence-corrected chi connectivity index (χ1v) is 13.8. The Bertz CT molecular complexity index is 1250. The molecular weight excluding hydrogens is 464 g/mol. The molecule has 0 saturated heterocycles. The van der Waals surface area contributed by atoms with E-state index in [2.05, 4.69) is 84.8 Å². The lowest BCUT2D eigenvalue weighted by Gasteiger charge is -2.35. The number of anilines is 1. The maximum Gasteiger partial charge on any atom is 0.247 e. The quantitative estimate of drug-likeness (QED) is 0.266. The second-order valence-corrected chi connectivity index (χ2v) is 11.0. The monoisotopic (exact) mass is 498 g/mol. The van der Waals surface area contributed by atoms with Crippen molar-refractivity contribution in [2.24, 2.45) is 11.8 Å². The van der Waals surface area contributed by atoms with Crippen LogP contribution >= 0.6 is 11.8 Å². The first-order valence-electron chi connectivity index (χ1n) is 12.8. The maximum absolute atomic E-state index is 6.61. The van der Waals surface area contributed by atoms with Crippen LogP contribution in [0.2, 0.25) is 0 Å². The number of hydrogen-bond acceptors (Lipinski definition) is 6. The Morgan fingerprint density at radius 3 is 2.69 bits per heavy atom. The third-order valence-corrected chi connectivity index (χ3v) is 7.87. The number of nitrogens with one attached hydrogen (secondary N) is 1. The molecule has 186 valence electrons. The third kappa shape index (κ3) is 5.81. The van der Waals surface area contributed by atoms with E-state index in [4.69, 9.17) is 9.72 Å². The molecule has 0 spiro atoms. The van der Waals surface area contributed by atoms with E-state index in [1.807, 2.05) is 18.2 Å². The molecule has 0 amide bonds. The van der Waals surface area contributed by atoms with Crippen LogP contribution < -0.4 is 10.1 Å². The number of benzene rings is 2. The highest BCUT2D eigenvalue weighted by Gasteiger charge is 2.34. The molecule has 0 radical (unpaired) electrons. The number of nitrogens with zero attached hydrogens (tertiary/aromatic N) is 3. The fourth-order valence-corrected chi connectivity index (χ4v) is 5.74. The second kappa shape index (κ2) is 11.3. The zero-order chi connectivity index (χ0) is 24.9. The molecule has 1 aliphatic heterocycles. The Labute approximate surface area is 218 Å². The van der Waals surface area contributed by atoms with Crippen LogP contribution in [0.4, 0.5) is 5.69 Å². The van der Waals surface area contributed by atoms with Crippen LogP contribution in [-0.4, -0.2) is 21.4 Å². The van der Waals surface area contributed by atoms with Crippen molar-refractivity contribution in [1.29, 1.82) is 0 Å². The minimum absolute atomic E-state index is 0.179. The number of allylic oxidation sites excluding steroid dienone is 4. The van der Waals surface area contributed by atoms with Crippen LogP contribution in [0, 0.1) is 11.8 Å². The minimum Gasteiger partial charge on any atom is -0.452 e. The van der Waals surface area contributed by atoms with Gasteiger partial charge in [0.1, 0.15) is 0 Å². The summed E-state index contributed by atoms with van der Waals surface area (Å²) in [7, 11) is 0. The number of fused-ring (bicyclic) bond motifs is 3. The SMILES string of the molecule is CC(C)=CCCC1=CC[C@H]([C@H]2Nc3ccccc3-c3nnc(SCc4ccccc4)nc3O2)[C@H](C)C1. The zero-order valence-corrected chi connectivity index (χ0v) is 22.1. The molecule has 0 fully saturated rings. The van der Waals surface area contributed by atoms with E-state index in [0.29, 0.717) is 28.6 Å². The smallest absolute Gasteiger partial charge is 0.247 e. The lowest BCUT2D eigenvalue weighted by Crippen LogP contribution is -2.39. The molecule has 36 heavy (non-hydrogen) atoms. The average Bonchev–Trinajstić information content (AvgIpc) is 3.04. The van der Waals surface area contributed by atoms with Crippen molar-refractivity contribution >= 4 is 17.4 Å². The van der Waals surface area contributed by atoms with E-state index in [9.17, 15) is 0 Å². The van der Waals surface area contributed by atoms with Crippen molar-refractivity contribution in [3.05, 3.63) is 83.5 Å². The van der Waals surface area contributed by atoms with Gasteiger partial charge in [-0.2, -0.15) is 4.98 Å². The molecule has 1 aliphatic carbocycles. The Morgan fingerprint density at radius 1 is 1.08 bits per heavy atom. The largest absolute Gasteiger partial charge is 0.452 e. The summed E-state index contributed by atoms with van der Waals surface area (Å²) < 4.78 is 6.61. The van der Waals surface area contributed by atoms with Gasteiger partial charge in [-0.05, 0) is 57.1 Å². The lowest BCUT2D eigenvalue weighted by molar-refractivity contribution is 0.114. The number of ether oxygens (including phenoxy) is 1. The first-order chi connectivity index (χ1) is 17.6. The molecule has 6 heteroatoms. The summed E-state index contributed by atoms with van der Waals surface area (Å²) in [5.74, 6) is 2.20. The Balaban J connectivity index is 1.37. The van der Waals surface area contributed by atoms with Crippen molar-refractivity contribution in [1.82, 2.24) is 15.2 Å². The predicted octanol–water partition coefficient (Wildman–Crippen LogP) is 7.68. The maximum atomic E-state index is 6.61. The van der Waals surface area contributed by atoms with Crippen LogP contribution in [0.5, 0.6) is 5.88 Å². The molecule has 0 bridgehead atoms. The van der Waals surface area contributed by atoms with Crippen molar-refractivity contribution in [3.63, 3.8) is 0 Å². The molecule has 5 nitrogen and oxygen atoms in total. The Morgan fingerprint density at radius 2 is 1.89 bits per heavy atom. The van der Waals surface area contributed by atoms with Gasteiger partial charge >= 0.3 is 0 Å². The summed E-state index contributed by atoms with van der Waals surface area (Å²) in [5.41, 5.74) is 6.89. The topological polar surface area (TPSA) is 59.9 Å². The molecule has 3 atom stereocenters. The van der Waals surface area contributed by atoms with E-state index >= 15 is 0 Å². The Hall–Kier alpha value is -3.12. The number of hydrogen-bond donors (Lipinski definition) is 1. The average molecular weight is 499 g/mol. The highest BCUT2D eigenvalue weighted by Crippen LogP contribution is 2.41. The molecule has 0 saturated carbocycles. The van der Waals surface area contributed by atoms with Crippen LogP contribution in [-0.2, 0) is 5.75 Å². The summed E-state index contributed by atoms with van der Waals surface area (Å²) in [6.07, 6.45) is 8.96. The van der Waals surface area contributed by atoms with Gasteiger partial charge in [0, 0.05) is 22.9 Å². The van der Waals surface area contributed by atoms with Crippen molar-refractivity contribution in [2.75, 3.05) is 5.32 Å². The zero-order valence-electron chi connectivity index (χ0n) is 21.3. The fourth-order valence-electron chi connectivity index (χ4n) is 5.00. The predicted molar refractivity (Wildman–Crippen MR) is 148 cm³/mol. The van der Waals surface area contributed by atoms with Gasteiger partial charge in [0.05, 0.1) is 0 Å². The molecule has 3 aromatic rings. The van der Waals surface area contributed by atoms with Crippen LogP contribution in [0.25, 0.3) is 11.3 Å². The van der Waals surface area contributed by atoms with Gasteiger partial charge in [0.2, 0.25) is 11.0 Å². The standard InChI is InChI=1S/C30H34N4OS/c1-20(2)10-9-13-22-16-17-24(21(3)18-22)28-31-26-15-8-7-14-25(26)27-29(35-28)32-30(34-33-27)36-19-23-11-5-4-6-12-23/h4-8,10-12,14-16,21,24,28,31H,9,13,17-19H2,1-3H3/t21-,24+,28+/m1/s1. The highest BCUT2D eigenvalue weighted by atomic mass is 32.2. The minimum atomic E-state index is -0.179. The number of rotatable bonds is 7. The molecule has 5 rings (SSSR count). The lowest BCUT2D eigenvalue weighted by atomic mass is 9.78. The van der Waals surface area contributed by atoms with Gasteiger partial charge in [-0.1, -0.05) is 90.5 Å². The number of para-hydroxylation sites is 1. The normalized spacial score (nSPS) is 20.6. The van der Waals surface area contributed by atoms with E-state index in [1.54, 1.807) is 17.3 Å². The molecule has 1 N–H and O–H groups in total. The molecule has 0 unspecified atom stereocenters. The van der Waals surface area contributed by atoms with E-state index in [0.717, 1.165) is 42.7 Å². The van der Waals surface area contributed by atoms with Gasteiger partial charge < -0.3 is 10.1 Å². The number of aromatic nitrogens is 3. The van der Waals surface area contributed by atoms with Gasteiger partial charge in [-0.3, -0.25) is 0 Å². The van der Waals surface area contributed by atoms with Gasteiger partial charge in [-0.15, -0.1) is 10.2 Å². The van der Waals surface area contributed by atoms with Gasteiger partial charge in [-0.25, -0.2) is 0 Å². The van der Waals surface area contributed by atoms with Gasteiger partial charge in [0.25, 0.3) is 0 Å². The third-order valence-electron chi connectivity index (χ3n) is 6.97. The summed E-state index contributed by atoms with van der Waals surface area (Å²) in [4.78, 5) is 4.83. The molecule has 1 aromatic heterocycles. The van der Waals surface area contributed by atoms with E-state index in [-0.39, 0.29) is 6.23 Å². The van der Waals surface area contributed by atoms with Crippen LogP contribution in [0.3, 0.4) is 0 Å². The molecule has 2 heterocycles. The van der Waals surface area contributed by atoms with Gasteiger partial charge in [0.15, 0.2) is 11.9 Å². The Kier molecular flexibility index (Phi) is 7.71. The van der Waals surface area contributed by atoms with Crippen molar-refractivity contribution in [2.45, 2.75) is 63.6 Å². The summed E-state index contributed by atoms with van der Waals surface area (Å²) in [5, 5.41) is 13.3. The highest BCUT2D eigenvalue weighted by molar-refractivity contribution is 7.98. The number of thioether (sulfide) groups is 1. The fraction of sp³-hybridized carbons (Fsp3) is 0.367. The second-order valence-electron chi connectivity index (χ2n) is 10.0. The van der Waals surface area contributed by atoms with Crippen molar-refractivity contribution < 1.29 is 4.74 Å². The van der Waals surface area contributed by atoms with Crippen molar-refractivity contribution in [3.8, 4) is 17.1 Å². The van der Waals surface area contributed by atoms with E-state index in [1.165, 1.54) is 11.1 Å². The summed E-state index contributed by atoms with van der Waals surface area (Å²) in [6.45, 7) is 6.69. The molecular formula is C30H34N4OS. The molecule has 2 aliphatic rings. The first kappa shape index (κ1) is 24.6. The van der Waals surface area contributed by atoms with Crippen LogP contribution in [0.1, 0.15) is 52.0 Å². The van der Waals surface area contributed by atoms with Crippen LogP contribution in [0.15, 0.2) is 83.1 Å². The summed E-state index contributed by atoms with van der Waals surface area (Å²) >= 11 is 1.58.